The molecule has 0 bridgehead atoms. The maximum absolute atomic E-state index is 14.1. The molecular weight excluding hydrogens is 249 g/mol. The number of ether oxygens (including phenoxy) is 2. The smallest absolute Gasteiger partial charge is 0.337 e. The fourth-order valence-corrected chi connectivity index (χ4v) is 2.83. The van der Waals surface area contributed by atoms with E-state index in [4.69, 9.17) is 4.74 Å². The largest absolute Gasteiger partial charge is 0.465 e. The van der Waals surface area contributed by atoms with Crippen molar-refractivity contribution in [2.75, 3.05) is 26.9 Å². The molecule has 5 heteroatoms. The monoisotopic (exact) mass is 265 g/mol. The molecule has 1 unspecified atom stereocenters. The Morgan fingerprint density at radius 2 is 2.37 bits per heavy atom. The average molecular weight is 265 g/mol. The number of hydrogen-bond acceptors (Lipinski definition) is 4. The highest BCUT2D eigenvalue weighted by molar-refractivity contribution is 5.89. The second kappa shape index (κ2) is 4.90. The zero-order valence-electron chi connectivity index (χ0n) is 10.8. The Balaban J connectivity index is 1.96. The molecule has 102 valence electrons. The van der Waals surface area contributed by atoms with Gasteiger partial charge in [-0.3, -0.25) is 4.90 Å². The number of benzene rings is 1. The van der Waals surface area contributed by atoms with Crippen LogP contribution in [0.1, 0.15) is 21.5 Å². The van der Waals surface area contributed by atoms with E-state index in [1.54, 1.807) is 6.07 Å². The molecule has 1 atom stereocenters. The number of carbonyl (C=O) groups is 1. The minimum atomic E-state index is -0.496. The molecule has 0 amide bonds. The van der Waals surface area contributed by atoms with Crippen molar-refractivity contribution < 1.29 is 18.7 Å². The highest BCUT2D eigenvalue weighted by Crippen LogP contribution is 2.28. The molecule has 0 aromatic heterocycles. The number of morpholine rings is 1. The molecule has 0 spiro atoms. The summed E-state index contributed by atoms with van der Waals surface area (Å²) in [6.45, 7) is 2.80. The molecule has 2 aliphatic heterocycles. The first-order valence-corrected chi connectivity index (χ1v) is 6.40. The van der Waals surface area contributed by atoms with Crippen LogP contribution in [0, 0.1) is 5.82 Å². The van der Waals surface area contributed by atoms with Gasteiger partial charge >= 0.3 is 5.97 Å². The van der Waals surface area contributed by atoms with Crippen LogP contribution in [0.3, 0.4) is 0 Å². The van der Waals surface area contributed by atoms with Gasteiger partial charge in [-0.25, -0.2) is 9.18 Å². The first-order valence-electron chi connectivity index (χ1n) is 6.40. The lowest BCUT2D eigenvalue weighted by atomic mass is 9.91. The first-order chi connectivity index (χ1) is 9.19. The first kappa shape index (κ1) is 12.6. The third kappa shape index (κ3) is 2.24. The topological polar surface area (TPSA) is 38.8 Å². The maximum atomic E-state index is 14.1. The number of esters is 1. The third-order valence-corrected chi connectivity index (χ3v) is 3.88. The number of carbonyl (C=O) groups excluding carboxylic acids is 1. The number of rotatable bonds is 1. The zero-order chi connectivity index (χ0) is 13.4. The lowest BCUT2D eigenvalue weighted by Crippen LogP contribution is -2.48. The van der Waals surface area contributed by atoms with E-state index in [1.807, 2.05) is 0 Å². The van der Waals surface area contributed by atoms with Crippen LogP contribution in [0.2, 0.25) is 0 Å². The van der Waals surface area contributed by atoms with Crippen LogP contribution in [0.5, 0.6) is 0 Å². The van der Waals surface area contributed by atoms with Gasteiger partial charge in [0.15, 0.2) is 0 Å². The minimum absolute atomic E-state index is 0.281. The van der Waals surface area contributed by atoms with Crippen LogP contribution in [-0.4, -0.2) is 43.8 Å². The van der Waals surface area contributed by atoms with E-state index in [1.165, 1.54) is 13.2 Å². The SMILES string of the molecule is COC(=O)c1cc(F)c2c(c1)CC1COCCN1C2. The van der Waals surface area contributed by atoms with Crippen molar-refractivity contribution in [2.45, 2.75) is 19.0 Å². The summed E-state index contributed by atoms with van der Waals surface area (Å²) in [6.07, 6.45) is 0.719. The number of hydrogen-bond donors (Lipinski definition) is 0. The fraction of sp³-hybridized carbons (Fsp3) is 0.500. The Kier molecular flexibility index (Phi) is 3.24. The second-order valence-corrected chi connectivity index (χ2v) is 4.99. The van der Waals surface area contributed by atoms with E-state index in [-0.39, 0.29) is 17.4 Å². The van der Waals surface area contributed by atoms with Crippen molar-refractivity contribution in [1.29, 1.82) is 0 Å². The molecular formula is C14H16FNO3. The summed E-state index contributed by atoms with van der Waals surface area (Å²) in [5, 5.41) is 0. The lowest BCUT2D eigenvalue weighted by Gasteiger charge is -2.40. The quantitative estimate of drug-likeness (QED) is 0.719. The molecule has 2 aliphatic rings. The Bertz CT molecular complexity index is 518. The summed E-state index contributed by atoms with van der Waals surface area (Å²) in [6, 6.07) is 3.30. The predicted octanol–water partition coefficient (Wildman–Crippen LogP) is 1.37. The molecule has 1 aromatic carbocycles. The van der Waals surface area contributed by atoms with Crippen molar-refractivity contribution in [3.05, 3.63) is 34.6 Å². The highest BCUT2D eigenvalue weighted by Gasteiger charge is 2.31. The lowest BCUT2D eigenvalue weighted by molar-refractivity contribution is -0.0170. The van der Waals surface area contributed by atoms with Crippen molar-refractivity contribution in [2.24, 2.45) is 0 Å². The molecule has 0 radical (unpaired) electrons. The van der Waals surface area contributed by atoms with Gasteiger partial charge in [0, 0.05) is 24.7 Å². The molecule has 4 nitrogen and oxygen atoms in total. The zero-order valence-corrected chi connectivity index (χ0v) is 10.8. The van der Waals surface area contributed by atoms with Gasteiger partial charge in [0.2, 0.25) is 0 Å². The molecule has 0 saturated carbocycles. The predicted molar refractivity (Wildman–Crippen MR) is 66.5 cm³/mol. The van der Waals surface area contributed by atoms with Gasteiger partial charge in [0.05, 0.1) is 25.9 Å². The number of fused-ring (bicyclic) bond motifs is 2. The van der Waals surface area contributed by atoms with Crippen LogP contribution >= 0.6 is 0 Å². The summed E-state index contributed by atoms with van der Waals surface area (Å²) in [7, 11) is 1.30. The standard InChI is InChI=1S/C14H16FNO3/c1-18-14(17)10-4-9-5-11-8-19-3-2-16(11)7-12(9)13(15)6-10/h4,6,11H,2-3,5,7-8H2,1H3. The van der Waals surface area contributed by atoms with Crippen LogP contribution in [0.25, 0.3) is 0 Å². The van der Waals surface area contributed by atoms with Crippen molar-refractivity contribution in [3.63, 3.8) is 0 Å². The molecule has 1 fully saturated rings. The van der Waals surface area contributed by atoms with Crippen LogP contribution in [-0.2, 0) is 22.4 Å². The Hall–Kier alpha value is -1.46. The van der Waals surface area contributed by atoms with Crippen LogP contribution in [0.15, 0.2) is 12.1 Å². The summed E-state index contributed by atoms with van der Waals surface area (Å²) < 4.78 is 24.2. The van der Waals surface area contributed by atoms with Crippen molar-refractivity contribution in [1.82, 2.24) is 4.90 Å². The third-order valence-electron chi connectivity index (χ3n) is 3.88. The van der Waals surface area contributed by atoms with Gasteiger partial charge in [-0.05, 0) is 24.1 Å². The fourth-order valence-electron chi connectivity index (χ4n) is 2.83. The van der Waals surface area contributed by atoms with Gasteiger partial charge in [0.25, 0.3) is 0 Å². The molecule has 2 heterocycles. The molecule has 1 aromatic rings. The van der Waals surface area contributed by atoms with E-state index in [2.05, 4.69) is 9.64 Å². The van der Waals surface area contributed by atoms with E-state index in [9.17, 15) is 9.18 Å². The maximum Gasteiger partial charge on any atom is 0.337 e. The van der Waals surface area contributed by atoms with Gasteiger partial charge in [-0.1, -0.05) is 0 Å². The van der Waals surface area contributed by atoms with Gasteiger partial charge < -0.3 is 9.47 Å². The second-order valence-electron chi connectivity index (χ2n) is 4.99. The summed E-state index contributed by atoms with van der Waals surface area (Å²) in [5.41, 5.74) is 1.88. The van der Waals surface area contributed by atoms with E-state index >= 15 is 0 Å². The number of nitrogens with zero attached hydrogens (tertiary/aromatic N) is 1. The van der Waals surface area contributed by atoms with Crippen molar-refractivity contribution >= 4 is 5.97 Å². The van der Waals surface area contributed by atoms with E-state index in [0.29, 0.717) is 25.3 Å². The average Bonchev–Trinajstić information content (AvgIpc) is 2.44. The molecule has 0 N–H and O–H groups in total. The van der Waals surface area contributed by atoms with E-state index in [0.717, 1.165) is 18.5 Å². The Labute approximate surface area is 111 Å². The normalized spacial score (nSPS) is 22.5. The Morgan fingerprint density at radius 1 is 1.53 bits per heavy atom. The van der Waals surface area contributed by atoms with E-state index < -0.39 is 5.97 Å². The Morgan fingerprint density at radius 3 is 3.16 bits per heavy atom. The molecule has 1 saturated heterocycles. The molecule has 3 rings (SSSR count). The molecule has 0 aliphatic carbocycles. The minimum Gasteiger partial charge on any atom is -0.465 e. The number of methoxy groups -OCH3 is 1. The summed E-state index contributed by atoms with van der Waals surface area (Å²) in [4.78, 5) is 13.8. The van der Waals surface area contributed by atoms with Crippen LogP contribution < -0.4 is 0 Å². The summed E-state index contributed by atoms with van der Waals surface area (Å²) in [5.74, 6) is -0.813. The highest BCUT2D eigenvalue weighted by atomic mass is 19.1. The van der Waals surface area contributed by atoms with Gasteiger partial charge in [-0.15, -0.1) is 0 Å². The van der Waals surface area contributed by atoms with Crippen molar-refractivity contribution in [3.8, 4) is 0 Å². The van der Waals surface area contributed by atoms with Gasteiger partial charge in [0.1, 0.15) is 5.82 Å². The molecule has 19 heavy (non-hydrogen) atoms. The van der Waals surface area contributed by atoms with Gasteiger partial charge in [-0.2, -0.15) is 0 Å². The summed E-state index contributed by atoms with van der Waals surface area (Å²) >= 11 is 0. The number of halogens is 1. The van der Waals surface area contributed by atoms with Crippen LogP contribution in [0.4, 0.5) is 4.39 Å².